The molecule has 0 aromatic heterocycles. The van der Waals surface area contributed by atoms with Crippen molar-refractivity contribution >= 4 is 22.6 Å². The van der Waals surface area contributed by atoms with E-state index in [-0.39, 0.29) is 0 Å². The number of hydrogen-bond acceptors (Lipinski definition) is 5. The van der Waals surface area contributed by atoms with Gasteiger partial charge in [0.15, 0.2) is 20.2 Å². The summed E-state index contributed by atoms with van der Waals surface area (Å²) in [7, 11) is -0.731. The normalized spacial score (nSPS) is 13.4. The van der Waals surface area contributed by atoms with E-state index in [4.69, 9.17) is 18.3 Å². The van der Waals surface area contributed by atoms with Crippen LogP contribution in [0.1, 0.15) is 11.7 Å². The molecule has 0 bridgehead atoms. The third-order valence-corrected chi connectivity index (χ3v) is 4.57. The molecule has 0 amide bonds. The molecule has 0 N–H and O–H groups in total. The first-order valence-corrected chi connectivity index (χ1v) is 14.4. The molecule has 0 spiro atoms. The minimum atomic E-state index is -1.93. The van der Waals surface area contributed by atoms with Crippen LogP contribution in [0.4, 0.5) is 0 Å². The lowest BCUT2D eigenvalue weighted by molar-refractivity contribution is -0.149. The second-order valence-electron chi connectivity index (χ2n) is 7.26. The van der Waals surface area contributed by atoms with Crippen LogP contribution in [0.5, 0.6) is 11.5 Å². The predicted molar refractivity (Wildman–Crippen MR) is 96.2 cm³/mol. The molecule has 1 aromatic rings. The summed E-state index contributed by atoms with van der Waals surface area (Å²) in [5, 5.41) is 0. The van der Waals surface area contributed by atoms with Crippen LogP contribution < -0.4 is 9.16 Å². The monoisotopic (exact) mass is 356 g/mol. The largest absolute Gasteiger partial charge is 0.542 e. The van der Waals surface area contributed by atoms with Gasteiger partial charge in [0.05, 0.1) is 14.2 Å². The van der Waals surface area contributed by atoms with Crippen molar-refractivity contribution in [1.82, 2.24) is 0 Å². The standard InChI is InChI=1S/C16H28O5Si2/c1-18-14-11-12(9-10-13(14)20-22(3,4)5)15(16(17)19-2)21-23(6,7)8/h9-11,15H,1-8H3/t15-/m0/s1. The average Bonchev–Trinajstić information content (AvgIpc) is 2.42. The van der Waals surface area contributed by atoms with E-state index < -0.39 is 28.7 Å². The van der Waals surface area contributed by atoms with Gasteiger partial charge in [-0.3, -0.25) is 0 Å². The Balaban J connectivity index is 3.20. The Hall–Kier alpha value is -1.32. The topological polar surface area (TPSA) is 54.0 Å². The zero-order valence-electron chi connectivity index (χ0n) is 15.4. The van der Waals surface area contributed by atoms with Crippen molar-refractivity contribution in [3.63, 3.8) is 0 Å². The molecular weight excluding hydrogens is 328 g/mol. The molecule has 0 fully saturated rings. The van der Waals surface area contributed by atoms with Gasteiger partial charge in [-0.05, 0) is 57.0 Å². The Morgan fingerprint density at radius 1 is 0.957 bits per heavy atom. The number of benzene rings is 1. The van der Waals surface area contributed by atoms with Crippen LogP contribution in [-0.4, -0.2) is 36.8 Å². The molecule has 0 aliphatic rings. The Kier molecular flexibility index (Phi) is 6.44. The molecule has 0 aliphatic carbocycles. The Morgan fingerprint density at radius 3 is 2.00 bits per heavy atom. The first kappa shape index (κ1) is 19.7. The van der Waals surface area contributed by atoms with E-state index in [1.807, 2.05) is 31.8 Å². The lowest BCUT2D eigenvalue weighted by Crippen LogP contribution is -2.32. The van der Waals surface area contributed by atoms with Crippen LogP contribution in [0.3, 0.4) is 0 Å². The predicted octanol–water partition coefficient (Wildman–Crippen LogP) is 3.97. The molecule has 0 heterocycles. The van der Waals surface area contributed by atoms with Gasteiger partial charge in [0.2, 0.25) is 8.32 Å². The van der Waals surface area contributed by atoms with Crippen molar-refractivity contribution in [1.29, 1.82) is 0 Å². The highest BCUT2D eigenvalue weighted by molar-refractivity contribution is 6.70. The molecule has 1 rings (SSSR count). The fraction of sp³-hybridized carbons (Fsp3) is 0.562. The molecule has 23 heavy (non-hydrogen) atoms. The third-order valence-electron chi connectivity index (χ3n) is 2.79. The fourth-order valence-corrected chi connectivity index (χ4v) is 3.74. The van der Waals surface area contributed by atoms with Crippen molar-refractivity contribution in [2.45, 2.75) is 45.4 Å². The van der Waals surface area contributed by atoms with E-state index in [9.17, 15) is 4.79 Å². The fourth-order valence-electron chi connectivity index (χ4n) is 1.97. The Labute approximate surface area is 141 Å². The molecule has 0 radical (unpaired) electrons. The molecule has 5 nitrogen and oxygen atoms in total. The van der Waals surface area contributed by atoms with Crippen LogP contribution >= 0.6 is 0 Å². The van der Waals surface area contributed by atoms with Gasteiger partial charge in [-0.1, -0.05) is 6.07 Å². The summed E-state index contributed by atoms with van der Waals surface area (Å²) in [5.41, 5.74) is 0.707. The number of carbonyl (C=O) groups excluding carboxylic acids is 1. The van der Waals surface area contributed by atoms with E-state index in [0.717, 1.165) is 0 Å². The Morgan fingerprint density at radius 2 is 1.57 bits per heavy atom. The van der Waals surface area contributed by atoms with Gasteiger partial charge in [0.25, 0.3) is 0 Å². The molecule has 0 aliphatic heterocycles. The first-order chi connectivity index (χ1) is 10.5. The minimum Gasteiger partial charge on any atom is -0.542 e. The van der Waals surface area contributed by atoms with E-state index in [0.29, 0.717) is 17.1 Å². The van der Waals surface area contributed by atoms with Crippen LogP contribution in [0.15, 0.2) is 18.2 Å². The first-order valence-electron chi connectivity index (χ1n) is 7.59. The van der Waals surface area contributed by atoms with Gasteiger partial charge < -0.3 is 18.3 Å². The minimum absolute atomic E-state index is 0.409. The maximum Gasteiger partial charge on any atom is 0.338 e. The highest BCUT2D eigenvalue weighted by atomic mass is 28.4. The number of esters is 1. The smallest absolute Gasteiger partial charge is 0.338 e. The lowest BCUT2D eigenvalue weighted by atomic mass is 10.1. The van der Waals surface area contributed by atoms with E-state index in [2.05, 4.69) is 19.6 Å². The highest BCUT2D eigenvalue weighted by Crippen LogP contribution is 2.34. The zero-order valence-corrected chi connectivity index (χ0v) is 17.4. The van der Waals surface area contributed by atoms with Crippen molar-refractivity contribution in [2.75, 3.05) is 14.2 Å². The van der Waals surface area contributed by atoms with Gasteiger partial charge in [0, 0.05) is 0 Å². The molecule has 1 aromatic carbocycles. The van der Waals surface area contributed by atoms with Gasteiger partial charge in [0.1, 0.15) is 5.75 Å². The van der Waals surface area contributed by atoms with Crippen molar-refractivity contribution in [3.8, 4) is 11.5 Å². The third kappa shape index (κ3) is 6.36. The summed E-state index contributed by atoms with van der Waals surface area (Å²) in [5.74, 6) is 0.874. The molecule has 0 saturated heterocycles. The summed E-state index contributed by atoms with van der Waals surface area (Å²) >= 11 is 0. The van der Waals surface area contributed by atoms with Crippen molar-refractivity contribution < 1.29 is 23.1 Å². The average molecular weight is 357 g/mol. The second kappa shape index (κ2) is 7.50. The lowest BCUT2D eigenvalue weighted by Gasteiger charge is -2.26. The molecule has 1 atom stereocenters. The molecular formula is C16H28O5Si2. The van der Waals surface area contributed by atoms with Crippen LogP contribution in [0, 0.1) is 0 Å². The summed E-state index contributed by atoms with van der Waals surface area (Å²) in [6, 6.07) is 5.45. The summed E-state index contributed by atoms with van der Waals surface area (Å²) in [4.78, 5) is 12.1. The molecule has 7 heteroatoms. The van der Waals surface area contributed by atoms with E-state index >= 15 is 0 Å². The van der Waals surface area contributed by atoms with Crippen LogP contribution in [0.25, 0.3) is 0 Å². The van der Waals surface area contributed by atoms with E-state index in [1.54, 1.807) is 13.2 Å². The maximum absolute atomic E-state index is 12.1. The number of hydrogen-bond donors (Lipinski definition) is 0. The van der Waals surface area contributed by atoms with Gasteiger partial charge in [-0.15, -0.1) is 0 Å². The number of ether oxygens (including phenoxy) is 2. The summed E-state index contributed by atoms with van der Waals surface area (Å²) < 4.78 is 22.3. The van der Waals surface area contributed by atoms with Crippen LogP contribution in [-0.2, 0) is 14.0 Å². The molecule has 130 valence electrons. The van der Waals surface area contributed by atoms with E-state index in [1.165, 1.54) is 7.11 Å². The molecule has 0 saturated carbocycles. The van der Waals surface area contributed by atoms with Gasteiger partial charge >= 0.3 is 5.97 Å². The van der Waals surface area contributed by atoms with Gasteiger partial charge in [-0.25, -0.2) is 4.79 Å². The summed E-state index contributed by atoms with van der Waals surface area (Å²) in [6.07, 6.45) is -0.749. The SMILES string of the molecule is COC(=O)[C@@H](O[Si](C)(C)C)c1ccc(O[Si](C)(C)C)c(OC)c1. The van der Waals surface area contributed by atoms with Crippen LogP contribution in [0.2, 0.25) is 39.3 Å². The zero-order chi connectivity index (χ0) is 17.8. The summed E-state index contributed by atoms with van der Waals surface area (Å²) in [6.45, 7) is 12.4. The number of methoxy groups -OCH3 is 2. The quantitative estimate of drug-likeness (QED) is 0.546. The maximum atomic E-state index is 12.1. The van der Waals surface area contributed by atoms with Crippen molar-refractivity contribution in [2.24, 2.45) is 0 Å². The second-order valence-corrected chi connectivity index (χ2v) is 16.1. The molecule has 0 unspecified atom stereocenters. The number of carbonyl (C=O) groups is 1. The number of rotatable bonds is 7. The van der Waals surface area contributed by atoms with Gasteiger partial charge in [-0.2, -0.15) is 0 Å². The highest BCUT2D eigenvalue weighted by Gasteiger charge is 2.30. The Bertz CT molecular complexity index is 546. The van der Waals surface area contributed by atoms with Crippen molar-refractivity contribution in [3.05, 3.63) is 23.8 Å².